The highest BCUT2D eigenvalue weighted by atomic mass is 35.5. The molecule has 3 aromatic rings. The molecule has 1 fully saturated rings. The van der Waals surface area contributed by atoms with Gasteiger partial charge < -0.3 is 9.47 Å². The highest BCUT2D eigenvalue weighted by Crippen LogP contribution is 2.29. The lowest BCUT2D eigenvalue weighted by Crippen LogP contribution is -2.45. The van der Waals surface area contributed by atoms with Crippen molar-refractivity contribution >= 4 is 11.6 Å². The van der Waals surface area contributed by atoms with E-state index < -0.39 is 0 Å². The summed E-state index contributed by atoms with van der Waals surface area (Å²) in [5, 5.41) is 0.806. The molecule has 1 aliphatic heterocycles. The quantitative estimate of drug-likeness (QED) is 0.481. The van der Waals surface area contributed by atoms with Gasteiger partial charge in [-0.3, -0.25) is 9.80 Å². The Morgan fingerprint density at radius 3 is 2.00 bits per heavy atom. The third-order valence-corrected chi connectivity index (χ3v) is 5.87. The molecule has 0 aliphatic carbocycles. The van der Waals surface area contributed by atoms with E-state index in [0.29, 0.717) is 6.61 Å². The van der Waals surface area contributed by atoms with Crippen LogP contribution in [0.2, 0.25) is 5.02 Å². The first kappa shape index (κ1) is 21.7. The molecule has 3 aromatic carbocycles. The van der Waals surface area contributed by atoms with Crippen molar-refractivity contribution in [3.63, 3.8) is 0 Å². The monoisotopic (exact) mass is 436 g/mol. The van der Waals surface area contributed by atoms with Crippen molar-refractivity contribution in [1.82, 2.24) is 9.80 Å². The maximum Gasteiger partial charge on any atom is 0.161 e. The summed E-state index contributed by atoms with van der Waals surface area (Å²) < 4.78 is 11.6. The topological polar surface area (TPSA) is 24.9 Å². The molecule has 0 aromatic heterocycles. The molecule has 31 heavy (non-hydrogen) atoms. The molecule has 4 rings (SSSR count). The lowest BCUT2D eigenvalue weighted by Gasteiger charge is -2.34. The number of rotatable bonds is 8. The second kappa shape index (κ2) is 10.7. The number of piperazine rings is 1. The maximum atomic E-state index is 6.12. The summed E-state index contributed by atoms with van der Waals surface area (Å²) in [6.45, 7) is 6.60. The largest absolute Gasteiger partial charge is 0.493 e. The zero-order valence-corrected chi connectivity index (χ0v) is 18.7. The molecule has 1 heterocycles. The van der Waals surface area contributed by atoms with Crippen LogP contribution in [0.5, 0.6) is 11.5 Å². The molecule has 1 saturated heterocycles. The van der Waals surface area contributed by atoms with Gasteiger partial charge in [0.1, 0.15) is 6.61 Å². The van der Waals surface area contributed by atoms with E-state index in [2.05, 4.69) is 46.2 Å². The number of hydrogen-bond donors (Lipinski definition) is 0. The molecule has 0 radical (unpaired) electrons. The lowest BCUT2D eigenvalue weighted by atomic mass is 10.1. The zero-order chi connectivity index (χ0) is 21.5. The summed E-state index contributed by atoms with van der Waals surface area (Å²) in [5.41, 5.74) is 3.66. The van der Waals surface area contributed by atoms with E-state index in [4.69, 9.17) is 21.1 Å². The fourth-order valence-electron chi connectivity index (χ4n) is 3.92. The molecule has 5 heteroatoms. The van der Waals surface area contributed by atoms with Crippen LogP contribution in [0.4, 0.5) is 0 Å². The van der Waals surface area contributed by atoms with Gasteiger partial charge in [-0.15, -0.1) is 0 Å². The first-order valence-corrected chi connectivity index (χ1v) is 11.1. The Bertz CT molecular complexity index is 972. The summed E-state index contributed by atoms with van der Waals surface area (Å²) >= 11 is 6.12. The van der Waals surface area contributed by atoms with Crippen LogP contribution in [-0.4, -0.2) is 43.1 Å². The molecular weight excluding hydrogens is 408 g/mol. The molecular formula is C26H29ClN2O2. The van der Waals surface area contributed by atoms with Crippen LogP contribution >= 0.6 is 11.6 Å². The summed E-state index contributed by atoms with van der Waals surface area (Å²) in [5.74, 6) is 1.56. The van der Waals surface area contributed by atoms with Crippen molar-refractivity contribution in [2.75, 3.05) is 33.3 Å². The highest BCUT2D eigenvalue weighted by Gasteiger charge is 2.18. The van der Waals surface area contributed by atoms with Gasteiger partial charge in [-0.25, -0.2) is 0 Å². The summed E-state index contributed by atoms with van der Waals surface area (Å²) in [6.07, 6.45) is 0. The second-order valence-electron chi connectivity index (χ2n) is 7.94. The standard InChI is InChI=1S/C26H29ClN2O2/c1-30-25-11-10-23(17-26(25)31-20-21-6-3-2-4-7-21)19-29-14-12-28(13-15-29)18-22-8-5-9-24(27)16-22/h2-11,16-17H,12-15,18-20H2,1H3. The van der Waals surface area contributed by atoms with E-state index in [1.165, 1.54) is 11.1 Å². The Morgan fingerprint density at radius 2 is 1.35 bits per heavy atom. The SMILES string of the molecule is COc1ccc(CN2CCN(Cc3cccc(Cl)c3)CC2)cc1OCc1ccccc1. The third-order valence-electron chi connectivity index (χ3n) is 5.63. The molecule has 162 valence electrons. The molecule has 0 atom stereocenters. The fourth-order valence-corrected chi connectivity index (χ4v) is 4.14. The van der Waals surface area contributed by atoms with Crippen LogP contribution in [0, 0.1) is 0 Å². The van der Waals surface area contributed by atoms with Crippen molar-refractivity contribution in [3.8, 4) is 11.5 Å². The number of methoxy groups -OCH3 is 1. The third kappa shape index (κ3) is 6.23. The van der Waals surface area contributed by atoms with E-state index in [1.807, 2.05) is 36.4 Å². The first-order valence-electron chi connectivity index (χ1n) is 10.7. The molecule has 0 spiro atoms. The molecule has 1 aliphatic rings. The Balaban J connectivity index is 1.32. The van der Waals surface area contributed by atoms with Crippen molar-refractivity contribution in [2.24, 2.45) is 0 Å². The van der Waals surface area contributed by atoms with Crippen LogP contribution in [0.1, 0.15) is 16.7 Å². The lowest BCUT2D eigenvalue weighted by molar-refractivity contribution is 0.122. The van der Waals surface area contributed by atoms with Crippen molar-refractivity contribution in [2.45, 2.75) is 19.7 Å². The average molecular weight is 437 g/mol. The number of halogens is 1. The summed E-state index contributed by atoms with van der Waals surface area (Å²) in [6, 6.07) is 24.6. The van der Waals surface area contributed by atoms with E-state index in [9.17, 15) is 0 Å². The van der Waals surface area contributed by atoms with Gasteiger partial charge in [-0.1, -0.05) is 60.1 Å². The average Bonchev–Trinajstić information content (AvgIpc) is 2.80. The summed E-state index contributed by atoms with van der Waals surface area (Å²) in [4.78, 5) is 4.99. The number of hydrogen-bond acceptors (Lipinski definition) is 4. The van der Waals surface area contributed by atoms with Gasteiger partial charge in [0.15, 0.2) is 11.5 Å². The maximum absolute atomic E-state index is 6.12. The predicted octanol–water partition coefficient (Wildman–Crippen LogP) is 5.25. The first-order chi connectivity index (χ1) is 15.2. The molecule has 0 bridgehead atoms. The zero-order valence-electron chi connectivity index (χ0n) is 18.0. The minimum absolute atomic E-state index is 0.531. The highest BCUT2D eigenvalue weighted by molar-refractivity contribution is 6.30. The predicted molar refractivity (Wildman–Crippen MR) is 126 cm³/mol. The number of ether oxygens (including phenoxy) is 2. The molecule has 0 amide bonds. The van der Waals surface area contributed by atoms with Crippen LogP contribution in [0.15, 0.2) is 72.8 Å². The van der Waals surface area contributed by atoms with E-state index in [0.717, 1.165) is 61.4 Å². The Kier molecular flexibility index (Phi) is 7.47. The van der Waals surface area contributed by atoms with Gasteiger partial charge in [0.25, 0.3) is 0 Å². The van der Waals surface area contributed by atoms with E-state index in [-0.39, 0.29) is 0 Å². The van der Waals surface area contributed by atoms with Crippen molar-refractivity contribution < 1.29 is 9.47 Å². The van der Waals surface area contributed by atoms with E-state index >= 15 is 0 Å². The van der Waals surface area contributed by atoms with Gasteiger partial charge >= 0.3 is 0 Å². The Hall–Kier alpha value is -2.53. The minimum atomic E-state index is 0.531. The number of nitrogens with zero attached hydrogens (tertiary/aromatic N) is 2. The molecule has 0 unspecified atom stereocenters. The Labute approximate surface area is 190 Å². The molecule has 0 saturated carbocycles. The molecule has 4 nitrogen and oxygen atoms in total. The van der Waals surface area contributed by atoms with Gasteiger partial charge in [0.2, 0.25) is 0 Å². The van der Waals surface area contributed by atoms with Crippen LogP contribution in [0.25, 0.3) is 0 Å². The minimum Gasteiger partial charge on any atom is -0.493 e. The van der Waals surface area contributed by atoms with Crippen molar-refractivity contribution in [3.05, 3.63) is 94.5 Å². The smallest absolute Gasteiger partial charge is 0.161 e. The molecule has 0 N–H and O–H groups in total. The summed E-state index contributed by atoms with van der Waals surface area (Å²) in [7, 11) is 1.68. The Morgan fingerprint density at radius 1 is 0.710 bits per heavy atom. The van der Waals surface area contributed by atoms with Gasteiger partial charge in [0.05, 0.1) is 7.11 Å². The van der Waals surface area contributed by atoms with Gasteiger partial charge in [-0.2, -0.15) is 0 Å². The van der Waals surface area contributed by atoms with Gasteiger partial charge in [0, 0.05) is 44.3 Å². The van der Waals surface area contributed by atoms with Gasteiger partial charge in [-0.05, 0) is 41.0 Å². The normalized spacial score (nSPS) is 15.0. The van der Waals surface area contributed by atoms with Crippen molar-refractivity contribution in [1.29, 1.82) is 0 Å². The fraction of sp³-hybridized carbons (Fsp3) is 0.308. The van der Waals surface area contributed by atoms with Crippen LogP contribution in [-0.2, 0) is 19.7 Å². The number of benzene rings is 3. The van der Waals surface area contributed by atoms with E-state index in [1.54, 1.807) is 7.11 Å². The second-order valence-corrected chi connectivity index (χ2v) is 8.38. The van der Waals surface area contributed by atoms with Crippen LogP contribution < -0.4 is 9.47 Å². The van der Waals surface area contributed by atoms with Crippen LogP contribution in [0.3, 0.4) is 0 Å².